The summed E-state index contributed by atoms with van der Waals surface area (Å²) in [4.78, 5) is 26.4. The number of amides is 2. The summed E-state index contributed by atoms with van der Waals surface area (Å²) in [5.41, 5.74) is 0.102. The minimum absolute atomic E-state index is 0.155. The molecule has 1 fully saturated rings. The van der Waals surface area contributed by atoms with E-state index in [0.717, 1.165) is 12.1 Å². The van der Waals surface area contributed by atoms with Crippen molar-refractivity contribution in [2.45, 2.75) is 12.8 Å². The lowest BCUT2D eigenvalue weighted by Gasteiger charge is -2.31. The van der Waals surface area contributed by atoms with Crippen LogP contribution in [0.4, 0.5) is 18.9 Å². The zero-order valence-corrected chi connectivity index (χ0v) is 14.9. The Morgan fingerprint density at radius 3 is 2.22 bits per heavy atom. The largest absolute Gasteiger partial charge is 0.339 e. The van der Waals surface area contributed by atoms with E-state index in [1.807, 2.05) is 0 Å². The normalized spacial score (nSPS) is 14.9. The summed E-state index contributed by atoms with van der Waals surface area (Å²) in [5.74, 6) is -5.48. The first-order valence-corrected chi connectivity index (χ1v) is 8.74. The minimum Gasteiger partial charge on any atom is -0.339 e. The van der Waals surface area contributed by atoms with Gasteiger partial charge in [-0.25, -0.2) is 13.2 Å². The molecule has 1 heterocycles. The Hall–Kier alpha value is -2.54. The van der Waals surface area contributed by atoms with Crippen LogP contribution in [0.1, 0.15) is 23.2 Å². The maximum absolute atomic E-state index is 13.7. The summed E-state index contributed by atoms with van der Waals surface area (Å²) in [6.45, 7) is 0.722. The van der Waals surface area contributed by atoms with E-state index in [9.17, 15) is 22.8 Å². The second-order valence-corrected chi connectivity index (χ2v) is 6.72. The van der Waals surface area contributed by atoms with Gasteiger partial charge >= 0.3 is 0 Å². The third-order valence-corrected chi connectivity index (χ3v) is 4.79. The van der Waals surface area contributed by atoms with Crippen LogP contribution in [0.5, 0.6) is 0 Å². The van der Waals surface area contributed by atoms with Gasteiger partial charge in [0.1, 0.15) is 0 Å². The van der Waals surface area contributed by atoms with Gasteiger partial charge in [-0.05, 0) is 49.2 Å². The van der Waals surface area contributed by atoms with Crippen molar-refractivity contribution in [3.05, 3.63) is 64.4 Å². The lowest BCUT2D eigenvalue weighted by Crippen LogP contribution is -2.41. The van der Waals surface area contributed by atoms with E-state index in [-0.39, 0.29) is 5.91 Å². The highest BCUT2D eigenvalue weighted by atomic mass is 35.5. The van der Waals surface area contributed by atoms with Crippen molar-refractivity contribution in [1.82, 2.24) is 4.90 Å². The van der Waals surface area contributed by atoms with Crippen molar-refractivity contribution in [3.8, 4) is 0 Å². The average Bonchev–Trinajstić information content (AvgIpc) is 2.68. The molecule has 0 saturated carbocycles. The zero-order chi connectivity index (χ0) is 19.6. The van der Waals surface area contributed by atoms with Crippen LogP contribution in [-0.4, -0.2) is 29.8 Å². The summed E-state index contributed by atoms with van der Waals surface area (Å²) in [7, 11) is 0. The summed E-state index contributed by atoms with van der Waals surface area (Å²) >= 11 is 5.81. The van der Waals surface area contributed by atoms with Crippen molar-refractivity contribution in [1.29, 1.82) is 0 Å². The van der Waals surface area contributed by atoms with E-state index in [2.05, 4.69) is 5.32 Å². The molecule has 142 valence electrons. The Kier molecular flexibility index (Phi) is 5.70. The van der Waals surface area contributed by atoms with Crippen LogP contribution in [0.2, 0.25) is 5.02 Å². The fourth-order valence-corrected chi connectivity index (χ4v) is 3.10. The van der Waals surface area contributed by atoms with Gasteiger partial charge in [-0.15, -0.1) is 0 Å². The molecule has 4 nitrogen and oxygen atoms in total. The molecular weight excluding hydrogens is 381 g/mol. The molecule has 1 aliphatic heterocycles. The maximum Gasteiger partial charge on any atom is 0.253 e. The van der Waals surface area contributed by atoms with Gasteiger partial charge in [-0.2, -0.15) is 0 Å². The van der Waals surface area contributed by atoms with Crippen molar-refractivity contribution < 1.29 is 22.8 Å². The molecule has 8 heteroatoms. The SMILES string of the molecule is O=C(Nc1ccc(F)c(F)c1F)C1CCN(C(=O)c2ccc(Cl)cc2)CC1. The Labute approximate surface area is 158 Å². The first-order chi connectivity index (χ1) is 12.9. The Balaban J connectivity index is 1.59. The molecule has 1 saturated heterocycles. The number of likely N-dealkylation sites (tertiary alicyclic amines) is 1. The third-order valence-electron chi connectivity index (χ3n) is 4.54. The number of anilines is 1. The highest BCUT2D eigenvalue weighted by Crippen LogP contribution is 2.24. The quantitative estimate of drug-likeness (QED) is 0.788. The molecule has 1 aliphatic rings. The van der Waals surface area contributed by atoms with Crippen LogP contribution in [0.15, 0.2) is 36.4 Å². The van der Waals surface area contributed by atoms with E-state index in [4.69, 9.17) is 11.6 Å². The Morgan fingerprint density at radius 2 is 1.59 bits per heavy atom. The van der Waals surface area contributed by atoms with Gasteiger partial charge in [0.25, 0.3) is 5.91 Å². The number of piperidine rings is 1. The van der Waals surface area contributed by atoms with E-state index < -0.39 is 35.0 Å². The van der Waals surface area contributed by atoms with E-state index in [1.54, 1.807) is 29.2 Å². The van der Waals surface area contributed by atoms with E-state index in [0.29, 0.717) is 36.5 Å². The van der Waals surface area contributed by atoms with Crippen molar-refractivity contribution >= 4 is 29.1 Å². The molecule has 2 aromatic rings. The van der Waals surface area contributed by atoms with Gasteiger partial charge < -0.3 is 10.2 Å². The van der Waals surface area contributed by atoms with Gasteiger partial charge in [-0.3, -0.25) is 9.59 Å². The van der Waals surface area contributed by atoms with E-state index >= 15 is 0 Å². The maximum atomic E-state index is 13.7. The van der Waals surface area contributed by atoms with Crippen LogP contribution in [0, 0.1) is 23.4 Å². The van der Waals surface area contributed by atoms with Crippen LogP contribution in [0.3, 0.4) is 0 Å². The number of nitrogens with zero attached hydrogens (tertiary/aromatic N) is 1. The number of carbonyl (C=O) groups excluding carboxylic acids is 2. The molecule has 0 unspecified atom stereocenters. The van der Waals surface area contributed by atoms with Gasteiger partial charge in [0.15, 0.2) is 17.5 Å². The molecule has 2 amide bonds. The summed E-state index contributed by atoms with van der Waals surface area (Å²) < 4.78 is 39.9. The van der Waals surface area contributed by atoms with Gasteiger partial charge in [-0.1, -0.05) is 11.6 Å². The van der Waals surface area contributed by atoms with Crippen LogP contribution in [-0.2, 0) is 4.79 Å². The molecule has 0 bridgehead atoms. The number of hydrogen-bond donors (Lipinski definition) is 1. The molecule has 0 radical (unpaired) electrons. The number of nitrogens with one attached hydrogen (secondary N) is 1. The Morgan fingerprint density at radius 1 is 0.963 bits per heavy atom. The predicted octanol–water partition coefficient (Wildman–Crippen LogP) is 4.25. The smallest absolute Gasteiger partial charge is 0.253 e. The third kappa shape index (κ3) is 4.24. The van der Waals surface area contributed by atoms with Gasteiger partial charge in [0.05, 0.1) is 5.69 Å². The summed E-state index contributed by atoms with van der Waals surface area (Å²) in [5, 5.41) is 2.82. The number of halogens is 4. The molecule has 0 aliphatic carbocycles. The first-order valence-electron chi connectivity index (χ1n) is 8.36. The topological polar surface area (TPSA) is 49.4 Å². The molecule has 27 heavy (non-hydrogen) atoms. The minimum atomic E-state index is -1.63. The molecular formula is C19H16ClF3N2O2. The van der Waals surface area contributed by atoms with Crippen LogP contribution in [0.25, 0.3) is 0 Å². The van der Waals surface area contributed by atoms with Crippen molar-refractivity contribution in [3.63, 3.8) is 0 Å². The van der Waals surface area contributed by atoms with Gasteiger partial charge in [0.2, 0.25) is 5.91 Å². The second kappa shape index (κ2) is 8.00. The Bertz CT molecular complexity index is 866. The lowest BCUT2D eigenvalue weighted by molar-refractivity contribution is -0.121. The molecule has 3 rings (SSSR count). The molecule has 0 aromatic heterocycles. The van der Waals surface area contributed by atoms with Crippen molar-refractivity contribution in [2.75, 3.05) is 18.4 Å². The standard InChI is InChI=1S/C19H16ClF3N2O2/c20-13-3-1-12(2-4-13)19(27)25-9-7-11(8-10-25)18(26)24-15-6-5-14(21)16(22)17(15)23/h1-6,11H,7-10H2,(H,24,26). The summed E-state index contributed by atoms with van der Waals surface area (Å²) in [6.07, 6.45) is 0.771. The monoisotopic (exact) mass is 396 g/mol. The first kappa shape index (κ1) is 19.2. The number of hydrogen-bond acceptors (Lipinski definition) is 2. The summed E-state index contributed by atoms with van der Waals surface area (Å²) in [6, 6.07) is 8.26. The number of benzene rings is 2. The van der Waals surface area contributed by atoms with Crippen molar-refractivity contribution in [2.24, 2.45) is 5.92 Å². The molecule has 1 N–H and O–H groups in total. The van der Waals surface area contributed by atoms with Crippen LogP contribution < -0.4 is 5.32 Å². The molecule has 2 aromatic carbocycles. The second-order valence-electron chi connectivity index (χ2n) is 6.29. The highest BCUT2D eigenvalue weighted by molar-refractivity contribution is 6.30. The fourth-order valence-electron chi connectivity index (χ4n) is 2.98. The number of carbonyl (C=O) groups is 2. The van der Waals surface area contributed by atoms with Crippen LogP contribution >= 0.6 is 11.6 Å². The fraction of sp³-hybridized carbons (Fsp3) is 0.263. The predicted molar refractivity (Wildman–Crippen MR) is 95.0 cm³/mol. The lowest BCUT2D eigenvalue weighted by atomic mass is 9.95. The average molecular weight is 397 g/mol. The zero-order valence-electron chi connectivity index (χ0n) is 14.1. The molecule has 0 atom stereocenters. The highest BCUT2D eigenvalue weighted by Gasteiger charge is 2.28. The number of rotatable bonds is 3. The van der Waals surface area contributed by atoms with Gasteiger partial charge in [0, 0.05) is 29.6 Å². The van der Waals surface area contributed by atoms with E-state index in [1.165, 1.54) is 0 Å². The molecule has 0 spiro atoms.